The number of hydrogen-bond donors (Lipinski definition) is 3. The van der Waals surface area contributed by atoms with E-state index in [0.29, 0.717) is 42.8 Å². The van der Waals surface area contributed by atoms with E-state index in [-0.39, 0.29) is 18.5 Å². The maximum Gasteiger partial charge on any atom is 0.223 e. The van der Waals surface area contributed by atoms with Gasteiger partial charge in [-0.3, -0.25) is 4.79 Å². The third-order valence-corrected chi connectivity index (χ3v) is 5.99. The number of para-hydroxylation sites is 2. The Bertz CT molecular complexity index is 1230. The van der Waals surface area contributed by atoms with E-state index in [9.17, 15) is 9.90 Å². The summed E-state index contributed by atoms with van der Waals surface area (Å²) in [6.45, 7) is 2.52. The normalized spacial score (nSPS) is 21.7. The Kier molecular flexibility index (Phi) is 4.58. The van der Waals surface area contributed by atoms with Crippen molar-refractivity contribution in [2.45, 2.75) is 37.8 Å². The molecule has 1 amide bonds. The lowest BCUT2D eigenvalue weighted by Gasteiger charge is -2.43. The van der Waals surface area contributed by atoms with Crippen LogP contribution in [0.5, 0.6) is 0 Å². The largest absolute Gasteiger partial charge is 0.386 e. The number of likely N-dealkylation sites (tertiary alicyclic amines) is 1. The second-order valence-corrected chi connectivity index (χ2v) is 8.26. The maximum atomic E-state index is 12.8. The van der Waals surface area contributed by atoms with E-state index in [1.54, 1.807) is 18.2 Å². The fraction of sp³-hybridized carbons (Fsp3) is 0.381. The Morgan fingerprint density at radius 3 is 2.97 bits per heavy atom. The molecule has 0 saturated carbocycles. The molecule has 1 saturated heterocycles. The number of hydrogen-bond acceptors (Lipinski definition) is 7. The lowest BCUT2D eigenvalue weighted by molar-refractivity contribution is -0.140. The number of carbonyl (C=O) groups is 1. The maximum absolute atomic E-state index is 12.8. The van der Waals surface area contributed by atoms with Crippen molar-refractivity contribution in [3.8, 4) is 0 Å². The van der Waals surface area contributed by atoms with Crippen LogP contribution in [0, 0.1) is 0 Å². The molecule has 0 bridgehead atoms. The van der Waals surface area contributed by atoms with Gasteiger partial charge in [0.05, 0.1) is 29.9 Å². The number of aryl methyl sites for hydroxylation is 1. The Hall–Kier alpha value is -3.53. The molecule has 0 unspecified atom stereocenters. The lowest BCUT2D eigenvalue weighted by atomic mass is 9.88. The number of aromatic nitrogens is 6. The number of nitrogens with zero attached hydrogens (tertiary/aromatic N) is 6. The number of imidazole rings is 2. The first kappa shape index (κ1) is 19.4. The topological polar surface area (TPSA) is 139 Å². The average Bonchev–Trinajstić information content (AvgIpc) is 3.36. The number of aliphatic hydroxyl groups is 1. The number of anilines is 1. The van der Waals surface area contributed by atoms with Gasteiger partial charge in [-0.05, 0) is 25.5 Å². The molecule has 1 aromatic carbocycles. The van der Waals surface area contributed by atoms with Crippen LogP contribution in [0.25, 0.3) is 22.2 Å². The number of rotatable bonds is 4. The number of aromatic amines is 1. The van der Waals surface area contributed by atoms with Crippen LogP contribution >= 0.6 is 0 Å². The van der Waals surface area contributed by atoms with Crippen LogP contribution in [0.4, 0.5) is 5.82 Å². The molecule has 31 heavy (non-hydrogen) atoms. The van der Waals surface area contributed by atoms with Gasteiger partial charge in [-0.2, -0.15) is 0 Å². The van der Waals surface area contributed by atoms with Gasteiger partial charge in [-0.15, -0.1) is 0 Å². The SMILES string of the molecule is C[C@]1(O)CN(C(=O)CCc2nc3ccccc3[nH]2)CC[C@@H]1n1cnc2c(N)ncnc21. The highest BCUT2D eigenvalue weighted by atomic mass is 16.3. The van der Waals surface area contributed by atoms with Crippen molar-refractivity contribution in [1.29, 1.82) is 0 Å². The Balaban J connectivity index is 1.27. The zero-order chi connectivity index (χ0) is 21.6. The number of carbonyl (C=O) groups excluding carboxylic acids is 1. The highest BCUT2D eigenvalue weighted by molar-refractivity contribution is 5.81. The number of nitrogens with two attached hydrogens (primary N) is 1. The second kappa shape index (κ2) is 7.31. The van der Waals surface area contributed by atoms with Crippen molar-refractivity contribution in [1.82, 2.24) is 34.4 Å². The Morgan fingerprint density at radius 1 is 1.32 bits per heavy atom. The molecule has 1 aliphatic rings. The summed E-state index contributed by atoms with van der Waals surface area (Å²) in [6, 6.07) is 7.52. The number of β-amino-alcohol motifs (C(OH)–C–C–N with tert-alkyl or cyclic N) is 1. The van der Waals surface area contributed by atoms with E-state index < -0.39 is 5.60 Å². The Morgan fingerprint density at radius 2 is 2.16 bits per heavy atom. The van der Waals surface area contributed by atoms with Gasteiger partial charge in [0.25, 0.3) is 0 Å². The smallest absolute Gasteiger partial charge is 0.223 e. The number of piperidine rings is 1. The second-order valence-electron chi connectivity index (χ2n) is 8.26. The van der Waals surface area contributed by atoms with Gasteiger partial charge in [0.15, 0.2) is 11.5 Å². The van der Waals surface area contributed by atoms with E-state index in [1.807, 2.05) is 28.8 Å². The zero-order valence-corrected chi connectivity index (χ0v) is 17.2. The summed E-state index contributed by atoms with van der Waals surface area (Å²) in [5, 5.41) is 11.2. The van der Waals surface area contributed by atoms with Crippen LogP contribution in [-0.4, -0.2) is 64.1 Å². The third kappa shape index (κ3) is 3.48. The van der Waals surface area contributed by atoms with Gasteiger partial charge in [0.2, 0.25) is 5.91 Å². The molecule has 4 N–H and O–H groups in total. The first-order chi connectivity index (χ1) is 14.9. The minimum absolute atomic E-state index is 0.00115. The van der Waals surface area contributed by atoms with Gasteiger partial charge in [0, 0.05) is 19.4 Å². The van der Waals surface area contributed by atoms with Crippen LogP contribution in [-0.2, 0) is 11.2 Å². The number of fused-ring (bicyclic) bond motifs is 2. The molecule has 5 rings (SSSR count). The number of benzene rings is 1. The Labute approximate surface area is 178 Å². The summed E-state index contributed by atoms with van der Waals surface area (Å²) < 4.78 is 1.84. The van der Waals surface area contributed by atoms with E-state index in [4.69, 9.17) is 5.73 Å². The minimum Gasteiger partial charge on any atom is -0.386 e. The monoisotopic (exact) mass is 420 g/mol. The van der Waals surface area contributed by atoms with Gasteiger partial charge in [-0.25, -0.2) is 19.9 Å². The summed E-state index contributed by atoms with van der Waals surface area (Å²) in [6.07, 6.45) is 4.46. The number of nitrogen functional groups attached to an aromatic ring is 1. The summed E-state index contributed by atoms with van der Waals surface area (Å²) in [5.74, 6) is 1.10. The van der Waals surface area contributed by atoms with Gasteiger partial charge >= 0.3 is 0 Å². The van der Waals surface area contributed by atoms with Crippen molar-refractivity contribution >= 4 is 33.9 Å². The molecular formula is C21H24N8O2. The molecule has 4 heterocycles. The highest BCUT2D eigenvalue weighted by Gasteiger charge is 2.41. The molecule has 160 valence electrons. The molecule has 10 nitrogen and oxygen atoms in total. The summed E-state index contributed by atoms with van der Waals surface area (Å²) in [5.41, 5.74) is 7.71. The third-order valence-electron chi connectivity index (χ3n) is 5.99. The molecular weight excluding hydrogens is 396 g/mol. The van der Waals surface area contributed by atoms with Crippen LogP contribution in [0.15, 0.2) is 36.9 Å². The van der Waals surface area contributed by atoms with Crippen molar-refractivity contribution in [2.24, 2.45) is 0 Å². The number of H-pyrrole nitrogens is 1. The van der Waals surface area contributed by atoms with Crippen LogP contribution < -0.4 is 5.73 Å². The summed E-state index contributed by atoms with van der Waals surface area (Å²) in [7, 11) is 0. The predicted octanol–water partition coefficient (Wildman–Crippen LogP) is 1.44. The molecule has 4 aromatic rings. The first-order valence-corrected chi connectivity index (χ1v) is 10.3. The molecule has 2 atom stereocenters. The summed E-state index contributed by atoms with van der Waals surface area (Å²) in [4.78, 5) is 34.9. The van der Waals surface area contributed by atoms with E-state index in [2.05, 4.69) is 24.9 Å². The van der Waals surface area contributed by atoms with Crippen molar-refractivity contribution in [3.63, 3.8) is 0 Å². The average molecular weight is 420 g/mol. The van der Waals surface area contributed by atoms with Gasteiger partial charge < -0.3 is 25.3 Å². The lowest BCUT2D eigenvalue weighted by Crippen LogP contribution is -2.54. The fourth-order valence-corrected chi connectivity index (χ4v) is 4.42. The first-order valence-electron chi connectivity index (χ1n) is 10.3. The molecule has 1 aliphatic heterocycles. The zero-order valence-electron chi connectivity index (χ0n) is 17.2. The van der Waals surface area contributed by atoms with E-state index >= 15 is 0 Å². The van der Waals surface area contributed by atoms with Gasteiger partial charge in [-0.1, -0.05) is 12.1 Å². The standard InChI is InChI=1S/C21H24N8O2/c1-21(31)10-28(17(30)7-6-16-26-13-4-2-3-5-14(13)27-16)9-8-15(21)29-12-25-18-19(22)23-11-24-20(18)29/h2-5,11-12,15,31H,6-10H2,1H3,(H,26,27)(H2,22,23,24)/t15-,21-/m0/s1. The minimum atomic E-state index is -1.14. The molecule has 10 heteroatoms. The molecule has 1 fully saturated rings. The van der Waals surface area contributed by atoms with E-state index in [0.717, 1.165) is 16.9 Å². The van der Waals surface area contributed by atoms with Crippen molar-refractivity contribution in [3.05, 3.63) is 42.7 Å². The van der Waals surface area contributed by atoms with Crippen LogP contribution in [0.1, 0.15) is 31.6 Å². The van der Waals surface area contributed by atoms with Crippen LogP contribution in [0.2, 0.25) is 0 Å². The molecule has 0 radical (unpaired) electrons. The molecule has 3 aromatic heterocycles. The summed E-state index contributed by atoms with van der Waals surface area (Å²) >= 11 is 0. The molecule has 0 aliphatic carbocycles. The fourth-order valence-electron chi connectivity index (χ4n) is 4.42. The number of amides is 1. The number of nitrogens with one attached hydrogen (secondary N) is 1. The van der Waals surface area contributed by atoms with E-state index in [1.165, 1.54) is 6.33 Å². The predicted molar refractivity (Wildman–Crippen MR) is 115 cm³/mol. The molecule has 0 spiro atoms. The highest BCUT2D eigenvalue weighted by Crippen LogP contribution is 2.34. The van der Waals surface area contributed by atoms with Crippen LogP contribution in [0.3, 0.4) is 0 Å². The van der Waals surface area contributed by atoms with Gasteiger partial charge in [0.1, 0.15) is 23.3 Å². The van der Waals surface area contributed by atoms with Crippen molar-refractivity contribution in [2.75, 3.05) is 18.8 Å². The quantitative estimate of drug-likeness (QED) is 0.454. The van der Waals surface area contributed by atoms with Crippen molar-refractivity contribution < 1.29 is 9.90 Å².